The van der Waals surface area contributed by atoms with E-state index in [0.29, 0.717) is 43.5 Å². The molecule has 5 unspecified atom stereocenters. The predicted octanol–water partition coefficient (Wildman–Crippen LogP) is 6.51. The molecule has 6 atom stereocenters. The number of carbonyl (C=O) groups excluding carboxylic acids is 4. The largest absolute Gasteiger partial charge is 0.495 e. The molecule has 1 aromatic rings. The van der Waals surface area contributed by atoms with Gasteiger partial charge >= 0.3 is 12.1 Å². The van der Waals surface area contributed by atoms with Crippen molar-refractivity contribution in [2.24, 2.45) is 0 Å². The fraction of sp³-hybridized carbons (Fsp3) is 0.641. The second-order valence-electron chi connectivity index (χ2n) is 14.8. The molecular formula is C39H58ClN3O9S. The van der Waals surface area contributed by atoms with E-state index < -0.39 is 42.0 Å². The number of hydrogen-bond acceptors (Lipinski definition) is 10. The molecule has 0 radical (unpaired) electrons. The van der Waals surface area contributed by atoms with Gasteiger partial charge in [-0.2, -0.15) is 11.8 Å². The Bertz CT molecular complexity index is 1540. The van der Waals surface area contributed by atoms with Gasteiger partial charge in [0.15, 0.2) is 0 Å². The molecule has 3 aliphatic heterocycles. The number of nitrogens with one attached hydrogen (secondary N) is 1. The molecule has 0 spiro atoms. The SMILES string of the molecule is COC.COc1cc2cc(c1Cl)N(C)C(=O)C[C@H](OC(=O)C(C)N(C)C(=O)CCC(C)(C)SC)C1(C)OC1CC1CC(C/C=C/C=C(\C)C2)NC(=O)O1. The number of anilines is 1. The van der Waals surface area contributed by atoms with Crippen molar-refractivity contribution >= 4 is 52.9 Å². The molecule has 4 rings (SSSR count). The average molecular weight is 780 g/mol. The monoisotopic (exact) mass is 779 g/mol. The van der Waals surface area contributed by atoms with Crippen molar-refractivity contribution in [1.82, 2.24) is 10.2 Å². The van der Waals surface area contributed by atoms with Crippen molar-refractivity contribution in [3.8, 4) is 5.75 Å². The lowest BCUT2D eigenvalue weighted by atomic mass is 9.91. The Hall–Kier alpha value is -3.26. The van der Waals surface area contributed by atoms with E-state index in [1.54, 1.807) is 53.9 Å². The van der Waals surface area contributed by atoms with E-state index in [0.717, 1.165) is 11.1 Å². The first-order valence-electron chi connectivity index (χ1n) is 17.9. The minimum atomic E-state index is -1.04. The Morgan fingerprint density at radius 1 is 1.21 bits per heavy atom. The number of hydrogen-bond donors (Lipinski definition) is 1. The highest BCUT2D eigenvalue weighted by Crippen LogP contribution is 2.46. The van der Waals surface area contributed by atoms with Gasteiger partial charge in [-0.15, -0.1) is 0 Å². The van der Waals surface area contributed by atoms with Crippen LogP contribution in [0.25, 0.3) is 0 Å². The first kappa shape index (κ1) is 44.1. The Labute approximate surface area is 324 Å². The van der Waals surface area contributed by atoms with Crippen molar-refractivity contribution in [2.75, 3.05) is 46.6 Å². The zero-order valence-corrected chi connectivity index (χ0v) is 34.7. The number of esters is 1. The number of carbonyl (C=O) groups is 4. The van der Waals surface area contributed by atoms with Gasteiger partial charge in [0.05, 0.1) is 25.3 Å². The third kappa shape index (κ3) is 12.1. The van der Waals surface area contributed by atoms with Crippen molar-refractivity contribution < 1.29 is 42.9 Å². The Kier molecular flexibility index (Phi) is 16.1. The number of benzene rings is 1. The minimum absolute atomic E-state index is 0.0811. The van der Waals surface area contributed by atoms with E-state index in [-0.39, 0.29) is 40.5 Å². The molecule has 3 amide bonds. The Balaban J connectivity index is 0.00000243. The third-order valence-electron chi connectivity index (χ3n) is 10.1. The van der Waals surface area contributed by atoms with E-state index in [1.165, 1.54) is 16.9 Å². The van der Waals surface area contributed by atoms with Crippen LogP contribution < -0.4 is 15.0 Å². The number of amides is 3. The van der Waals surface area contributed by atoms with E-state index in [1.807, 2.05) is 43.5 Å². The molecule has 0 aromatic heterocycles. The molecule has 0 aliphatic carbocycles. The Morgan fingerprint density at radius 3 is 2.53 bits per heavy atom. The number of epoxide rings is 1. The number of likely N-dealkylation sites (N-methyl/N-ethyl adjacent to an activating group) is 1. The van der Waals surface area contributed by atoms with Crippen LogP contribution in [0.2, 0.25) is 5.02 Å². The fourth-order valence-corrected chi connectivity index (χ4v) is 6.85. The van der Waals surface area contributed by atoms with Crippen molar-refractivity contribution in [3.05, 3.63) is 46.5 Å². The highest BCUT2D eigenvalue weighted by molar-refractivity contribution is 7.99. The average Bonchev–Trinajstić information content (AvgIpc) is 3.77. The summed E-state index contributed by atoms with van der Waals surface area (Å²) in [7, 11) is 7.97. The zero-order valence-electron chi connectivity index (χ0n) is 33.1. The lowest BCUT2D eigenvalue weighted by molar-refractivity contribution is -0.162. The number of ether oxygens (including phenoxy) is 5. The summed E-state index contributed by atoms with van der Waals surface area (Å²) in [6.07, 6.45) is 8.48. The van der Waals surface area contributed by atoms with Crippen molar-refractivity contribution in [1.29, 1.82) is 0 Å². The number of thioether (sulfide) groups is 1. The third-order valence-corrected chi connectivity index (χ3v) is 11.8. The number of alkyl carbamates (subject to hydrolysis) is 1. The Morgan fingerprint density at radius 2 is 1.89 bits per heavy atom. The lowest BCUT2D eigenvalue weighted by Crippen LogP contribution is -2.47. The molecule has 3 heterocycles. The molecule has 296 valence electrons. The molecule has 2 saturated heterocycles. The summed E-state index contributed by atoms with van der Waals surface area (Å²) in [6.45, 7) is 9.57. The van der Waals surface area contributed by atoms with Crippen LogP contribution in [0.1, 0.15) is 78.7 Å². The quantitative estimate of drug-likeness (QED) is 0.230. The standard InChI is InChI=1S/C37H52ClN3O8S.C2H6O/c1-22-12-10-11-13-25-19-26(47-35(45)39-25)20-30-37(5,49-30)29(48-34(44)23(2)40(6)31(42)14-15-36(3,4)50-9)21-32(43)41(7)27-17-24(16-22)18-28(46-8)33(27)38;1-3-2/h10-12,17-18,23,25-26,29-30H,13-16,19-21H2,1-9H3,(H,39,45);1-2H3/b11-10+,22-12+;/t23?,25?,26?,29-,30?,37?;/m0./s1. The summed E-state index contributed by atoms with van der Waals surface area (Å²) >= 11 is 8.42. The normalized spacial score (nSPS) is 26.9. The number of fused-ring (bicyclic) bond motifs is 5. The zero-order chi connectivity index (χ0) is 39.7. The van der Waals surface area contributed by atoms with E-state index in [9.17, 15) is 19.2 Å². The summed E-state index contributed by atoms with van der Waals surface area (Å²) in [5.74, 6) is -0.759. The first-order chi connectivity index (χ1) is 24.9. The first-order valence-corrected chi connectivity index (χ1v) is 19.5. The van der Waals surface area contributed by atoms with Crippen LogP contribution in [0.5, 0.6) is 5.75 Å². The molecule has 53 heavy (non-hydrogen) atoms. The maximum Gasteiger partial charge on any atom is 0.407 e. The van der Waals surface area contributed by atoms with Gasteiger partial charge in [-0.05, 0) is 64.0 Å². The summed E-state index contributed by atoms with van der Waals surface area (Å²) in [5, 5.41) is 3.17. The summed E-state index contributed by atoms with van der Waals surface area (Å²) in [6, 6.07) is 2.67. The maximum absolute atomic E-state index is 14.0. The van der Waals surface area contributed by atoms with Crippen LogP contribution in [0.4, 0.5) is 10.5 Å². The summed E-state index contributed by atoms with van der Waals surface area (Å²) in [5.41, 5.74) is 1.37. The molecule has 2 fully saturated rings. The molecule has 14 heteroatoms. The second kappa shape index (κ2) is 19.4. The molecule has 4 bridgehead atoms. The molecular weight excluding hydrogens is 722 g/mol. The van der Waals surface area contributed by atoms with Gasteiger partial charge in [0, 0.05) is 58.4 Å². The smallest absolute Gasteiger partial charge is 0.407 e. The molecule has 1 aromatic carbocycles. The van der Waals surface area contributed by atoms with Crippen molar-refractivity contribution in [2.45, 2.75) is 120 Å². The van der Waals surface area contributed by atoms with Crippen LogP contribution in [0.15, 0.2) is 35.9 Å². The number of nitrogens with zero attached hydrogens (tertiary/aromatic N) is 2. The van der Waals surface area contributed by atoms with E-state index >= 15 is 0 Å². The van der Waals surface area contributed by atoms with Gasteiger partial charge in [0.2, 0.25) is 11.8 Å². The van der Waals surface area contributed by atoms with E-state index in [2.05, 4.69) is 23.9 Å². The van der Waals surface area contributed by atoms with Gasteiger partial charge in [0.1, 0.15) is 34.6 Å². The minimum Gasteiger partial charge on any atom is -0.495 e. The number of allylic oxidation sites excluding steroid dienone is 3. The highest BCUT2D eigenvalue weighted by Gasteiger charge is 2.61. The molecule has 0 saturated carbocycles. The van der Waals surface area contributed by atoms with Crippen LogP contribution in [-0.4, -0.2) is 111 Å². The van der Waals surface area contributed by atoms with Crippen LogP contribution >= 0.6 is 23.4 Å². The molecule has 12 nitrogen and oxygen atoms in total. The number of methoxy groups -OCH3 is 2. The summed E-state index contributed by atoms with van der Waals surface area (Å²) in [4.78, 5) is 56.1. The van der Waals surface area contributed by atoms with E-state index in [4.69, 9.17) is 30.5 Å². The molecule has 3 aliphatic rings. The highest BCUT2D eigenvalue weighted by atomic mass is 35.5. The van der Waals surface area contributed by atoms with Gasteiger partial charge in [-0.25, -0.2) is 9.59 Å². The van der Waals surface area contributed by atoms with Gasteiger partial charge in [-0.3, -0.25) is 9.59 Å². The number of rotatable bonds is 8. The lowest BCUT2D eigenvalue weighted by Gasteiger charge is -2.31. The van der Waals surface area contributed by atoms with Crippen LogP contribution in [0.3, 0.4) is 0 Å². The molecule has 1 N–H and O–H groups in total. The van der Waals surface area contributed by atoms with Gasteiger partial charge in [-0.1, -0.05) is 49.2 Å². The van der Waals surface area contributed by atoms with Crippen LogP contribution in [-0.2, 0) is 39.8 Å². The maximum atomic E-state index is 14.0. The predicted molar refractivity (Wildman–Crippen MR) is 209 cm³/mol. The van der Waals surface area contributed by atoms with Crippen LogP contribution in [0, 0.1) is 0 Å². The van der Waals surface area contributed by atoms with Gasteiger partial charge < -0.3 is 38.8 Å². The summed E-state index contributed by atoms with van der Waals surface area (Å²) < 4.78 is 27.6. The fourth-order valence-electron chi connectivity index (χ4n) is 6.23. The van der Waals surface area contributed by atoms with Crippen molar-refractivity contribution in [3.63, 3.8) is 0 Å². The topological polar surface area (TPSA) is 136 Å². The van der Waals surface area contributed by atoms with Gasteiger partial charge in [0.25, 0.3) is 0 Å². The second-order valence-corrected chi connectivity index (χ2v) is 16.6. The number of halogens is 1.